The molecule has 0 aliphatic carbocycles. The zero-order valence-corrected chi connectivity index (χ0v) is 12.0. The molecule has 1 aliphatic rings. The molecular weight excluding hydrogens is 266 g/mol. The van der Waals surface area contributed by atoms with Gasteiger partial charge in [-0.25, -0.2) is 8.42 Å². The van der Waals surface area contributed by atoms with Gasteiger partial charge in [0, 0.05) is 32.7 Å². The molecule has 1 rings (SSSR count). The number of likely N-dealkylation sites (N-methyl/N-ethyl adjacent to an activating group) is 1. The number of carbonyl (C=O) groups is 1. The molecule has 0 bridgehead atoms. The zero-order chi connectivity index (χ0) is 12.3. The molecule has 0 radical (unpaired) electrons. The molecule has 102 valence electrons. The molecule has 0 spiro atoms. The summed E-state index contributed by atoms with van der Waals surface area (Å²) >= 11 is 0. The molecule has 6 nitrogen and oxygen atoms in total. The van der Waals surface area contributed by atoms with E-state index >= 15 is 0 Å². The van der Waals surface area contributed by atoms with Crippen LogP contribution in [0.15, 0.2) is 0 Å². The van der Waals surface area contributed by atoms with Gasteiger partial charge in [0.1, 0.15) is 0 Å². The van der Waals surface area contributed by atoms with Crippen molar-refractivity contribution in [1.29, 1.82) is 0 Å². The normalized spacial score (nSPS) is 21.2. The van der Waals surface area contributed by atoms with Crippen LogP contribution in [0.4, 0.5) is 0 Å². The first-order valence-electron chi connectivity index (χ1n) is 5.24. The molecule has 1 atom stereocenters. The molecule has 1 N–H and O–H groups in total. The maximum absolute atomic E-state index is 11.9. The van der Waals surface area contributed by atoms with Crippen LogP contribution in [-0.2, 0) is 14.8 Å². The maximum atomic E-state index is 11.9. The van der Waals surface area contributed by atoms with Crippen LogP contribution in [-0.4, -0.2) is 69.1 Å². The summed E-state index contributed by atoms with van der Waals surface area (Å²) in [4.78, 5) is 13.6. The predicted molar refractivity (Wildman–Crippen MR) is 68.8 cm³/mol. The van der Waals surface area contributed by atoms with Crippen LogP contribution in [0.25, 0.3) is 0 Å². The van der Waals surface area contributed by atoms with E-state index in [9.17, 15) is 13.2 Å². The minimum Gasteiger partial charge on any atom is -0.336 e. The summed E-state index contributed by atoms with van der Waals surface area (Å²) in [6.07, 6.45) is 1.10. The second kappa shape index (κ2) is 6.53. The van der Waals surface area contributed by atoms with Crippen molar-refractivity contribution in [3.05, 3.63) is 0 Å². The van der Waals surface area contributed by atoms with Gasteiger partial charge in [-0.3, -0.25) is 4.79 Å². The van der Waals surface area contributed by atoms with E-state index in [-0.39, 0.29) is 30.9 Å². The molecule has 0 aromatic carbocycles. The summed E-state index contributed by atoms with van der Waals surface area (Å²) in [7, 11) is -1.87. The Labute approximate surface area is 109 Å². The highest BCUT2D eigenvalue weighted by molar-refractivity contribution is 7.88. The maximum Gasteiger partial charge on any atom is 0.238 e. The number of nitrogens with zero attached hydrogens (tertiary/aromatic N) is 2. The Morgan fingerprint density at radius 1 is 1.53 bits per heavy atom. The quantitative estimate of drug-likeness (QED) is 0.731. The first-order valence-corrected chi connectivity index (χ1v) is 7.08. The lowest BCUT2D eigenvalue weighted by Gasteiger charge is -2.34. The smallest absolute Gasteiger partial charge is 0.238 e. The van der Waals surface area contributed by atoms with Crippen molar-refractivity contribution in [2.24, 2.45) is 0 Å². The largest absolute Gasteiger partial charge is 0.336 e. The third-order valence-corrected chi connectivity index (χ3v) is 4.01. The topological polar surface area (TPSA) is 69.7 Å². The molecule has 1 heterocycles. The Kier molecular flexibility index (Phi) is 6.39. The third-order valence-electron chi connectivity index (χ3n) is 2.75. The number of carbonyl (C=O) groups excluding carboxylic acids is 1. The summed E-state index contributed by atoms with van der Waals surface area (Å²) < 4.78 is 23.4. The molecular formula is C9H20ClN3O3S. The fourth-order valence-electron chi connectivity index (χ4n) is 1.61. The van der Waals surface area contributed by atoms with Crippen molar-refractivity contribution < 1.29 is 13.2 Å². The highest BCUT2D eigenvalue weighted by Crippen LogP contribution is 2.04. The molecule has 8 heteroatoms. The van der Waals surface area contributed by atoms with Crippen LogP contribution in [0.1, 0.15) is 6.92 Å². The van der Waals surface area contributed by atoms with Crippen LogP contribution < -0.4 is 5.32 Å². The highest BCUT2D eigenvalue weighted by atomic mass is 35.5. The van der Waals surface area contributed by atoms with Gasteiger partial charge >= 0.3 is 0 Å². The number of rotatable bonds is 3. The second-order valence-electron chi connectivity index (χ2n) is 4.16. The van der Waals surface area contributed by atoms with E-state index in [1.165, 1.54) is 7.05 Å². The number of halogens is 1. The zero-order valence-electron chi connectivity index (χ0n) is 10.3. The molecule has 1 fully saturated rings. The fourth-order valence-corrected chi connectivity index (χ4v) is 1.96. The van der Waals surface area contributed by atoms with Crippen molar-refractivity contribution in [2.75, 3.05) is 39.5 Å². The highest BCUT2D eigenvalue weighted by Gasteiger charge is 2.25. The Balaban J connectivity index is 0.00000256. The van der Waals surface area contributed by atoms with Crippen molar-refractivity contribution in [3.8, 4) is 0 Å². The molecule has 1 saturated heterocycles. The van der Waals surface area contributed by atoms with Gasteiger partial charge in [-0.05, 0) is 6.92 Å². The van der Waals surface area contributed by atoms with Gasteiger partial charge < -0.3 is 10.2 Å². The van der Waals surface area contributed by atoms with E-state index in [1.807, 2.05) is 6.92 Å². The minimum absolute atomic E-state index is 0. The predicted octanol–water partition coefficient (Wildman–Crippen LogP) is -0.880. The van der Waals surface area contributed by atoms with Gasteiger partial charge in [-0.15, -0.1) is 12.4 Å². The fraction of sp³-hybridized carbons (Fsp3) is 0.889. The van der Waals surface area contributed by atoms with Crippen molar-refractivity contribution >= 4 is 28.3 Å². The van der Waals surface area contributed by atoms with Gasteiger partial charge in [-0.1, -0.05) is 0 Å². The molecule has 1 aliphatic heterocycles. The summed E-state index contributed by atoms with van der Waals surface area (Å²) in [5, 5.41) is 3.18. The van der Waals surface area contributed by atoms with E-state index in [0.717, 1.165) is 23.7 Å². The van der Waals surface area contributed by atoms with Crippen LogP contribution >= 0.6 is 12.4 Å². The second-order valence-corrected chi connectivity index (χ2v) is 6.25. The number of piperazine rings is 1. The molecule has 0 aromatic heterocycles. The Hall–Kier alpha value is -0.370. The Morgan fingerprint density at radius 3 is 2.59 bits per heavy atom. The van der Waals surface area contributed by atoms with Crippen LogP contribution in [0.2, 0.25) is 0 Å². The Bertz CT molecular complexity index is 360. The lowest BCUT2D eigenvalue weighted by atomic mass is 10.2. The number of amides is 1. The average Bonchev–Trinajstić information content (AvgIpc) is 2.16. The molecule has 0 aromatic rings. The van der Waals surface area contributed by atoms with Crippen molar-refractivity contribution in [1.82, 2.24) is 14.5 Å². The monoisotopic (exact) mass is 285 g/mol. The number of hydrogen-bond donors (Lipinski definition) is 1. The Morgan fingerprint density at radius 2 is 2.12 bits per heavy atom. The minimum atomic E-state index is -3.28. The molecule has 1 amide bonds. The standard InChI is InChI=1S/C9H19N3O3S.ClH/c1-8-6-10-4-5-12(8)9(13)7-11(2)16(3,14)15;/h8,10H,4-7H2,1-3H3;1H/t8-;/m0./s1. The van der Waals surface area contributed by atoms with Gasteiger partial charge in [0.2, 0.25) is 15.9 Å². The van der Waals surface area contributed by atoms with Gasteiger partial charge in [0.25, 0.3) is 0 Å². The van der Waals surface area contributed by atoms with E-state index in [4.69, 9.17) is 0 Å². The number of nitrogens with one attached hydrogen (secondary N) is 1. The third kappa shape index (κ3) is 4.79. The van der Waals surface area contributed by atoms with Gasteiger partial charge in [0.05, 0.1) is 12.8 Å². The summed E-state index contributed by atoms with van der Waals surface area (Å²) in [5.74, 6) is -0.137. The lowest BCUT2D eigenvalue weighted by Crippen LogP contribution is -2.54. The van der Waals surface area contributed by atoms with Crippen LogP contribution in [0.3, 0.4) is 0 Å². The molecule has 0 unspecified atom stereocenters. The summed E-state index contributed by atoms with van der Waals surface area (Å²) in [5.41, 5.74) is 0. The molecule has 0 saturated carbocycles. The van der Waals surface area contributed by atoms with Gasteiger partial charge in [-0.2, -0.15) is 4.31 Å². The summed E-state index contributed by atoms with van der Waals surface area (Å²) in [6, 6.07) is 0.120. The van der Waals surface area contributed by atoms with E-state index < -0.39 is 10.0 Å². The SMILES string of the molecule is C[C@H]1CNCCN1C(=O)CN(C)S(C)(=O)=O.Cl. The van der Waals surface area contributed by atoms with E-state index in [2.05, 4.69) is 5.32 Å². The van der Waals surface area contributed by atoms with Crippen molar-refractivity contribution in [2.45, 2.75) is 13.0 Å². The van der Waals surface area contributed by atoms with Crippen LogP contribution in [0.5, 0.6) is 0 Å². The van der Waals surface area contributed by atoms with E-state index in [1.54, 1.807) is 4.90 Å². The molecule has 17 heavy (non-hydrogen) atoms. The van der Waals surface area contributed by atoms with Crippen LogP contribution in [0, 0.1) is 0 Å². The lowest BCUT2D eigenvalue weighted by molar-refractivity contribution is -0.133. The number of hydrogen-bond acceptors (Lipinski definition) is 4. The first kappa shape index (κ1) is 16.6. The summed E-state index contributed by atoms with van der Waals surface area (Å²) in [6.45, 7) is 4.03. The average molecular weight is 286 g/mol. The number of sulfonamides is 1. The van der Waals surface area contributed by atoms with E-state index in [0.29, 0.717) is 6.54 Å². The van der Waals surface area contributed by atoms with Crippen molar-refractivity contribution in [3.63, 3.8) is 0 Å². The first-order chi connectivity index (χ1) is 7.32. The van der Waals surface area contributed by atoms with Gasteiger partial charge in [0.15, 0.2) is 0 Å².